The fraction of sp³-hybridized carbons (Fsp3) is 0.167. The van der Waals surface area contributed by atoms with Crippen molar-refractivity contribution in [1.29, 1.82) is 0 Å². The summed E-state index contributed by atoms with van der Waals surface area (Å²) in [5, 5.41) is 6.72. The first kappa shape index (κ1) is 12.2. The smallest absolute Gasteiger partial charge is 0.142 e. The van der Waals surface area contributed by atoms with Crippen LogP contribution in [-0.2, 0) is 6.54 Å². The standard InChI is InChI=1S/C12H12ClN3S/c1-9(13)6-14-7-10-8-17-12(16-10)11-4-2-3-5-15-11/h2-5,8,14H,1,6-7H2. The van der Waals surface area contributed by atoms with Gasteiger partial charge in [0.15, 0.2) is 0 Å². The predicted molar refractivity (Wildman–Crippen MR) is 72.0 cm³/mol. The van der Waals surface area contributed by atoms with Crippen LogP contribution < -0.4 is 5.32 Å². The zero-order valence-electron chi connectivity index (χ0n) is 9.19. The zero-order valence-corrected chi connectivity index (χ0v) is 10.8. The first-order valence-corrected chi connectivity index (χ1v) is 6.41. The molecule has 0 saturated heterocycles. The molecule has 0 saturated carbocycles. The largest absolute Gasteiger partial charge is 0.306 e. The van der Waals surface area contributed by atoms with Crippen molar-refractivity contribution in [3.63, 3.8) is 0 Å². The third-order valence-electron chi connectivity index (χ3n) is 2.06. The highest BCUT2D eigenvalue weighted by atomic mass is 35.5. The third-order valence-corrected chi connectivity index (χ3v) is 3.11. The molecule has 0 aliphatic carbocycles. The minimum atomic E-state index is 0.595. The summed E-state index contributed by atoms with van der Waals surface area (Å²) in [4.78, 5) is 8.76. The molecule has 2 aromatic heterocycles. The molecule has 2 heterocycles. The van der Waals surface area contributed by atoms with Gasteiger partial charge in [0.1, 0.15) is 5.01 Å². The molecule has 0 atom stereocenters. The molecule has 0 bridgehead atoms. The van der Waals surface area contributed by atoms with E-state index < -0.39 is 0 Å². The Morgan fingerprint density at radius 1 is 1.47 bits per heavy atom. The van der Waals surface area contributed by atoms with Crippen LogP contribution >= 0.6 is 22.9 Å². The van der Waals surface area contributed by atoms with E-state index in [4.69, 9.17) is 11.6 Å². The van der Waals surface area contributed by atoms with Crippen molar-refractivity contribution in [2.45, 2.75) is 6.54 Å². The van der Waals surface area contributed by atoms with Gasteiger partial charge in [-0.05, 0) is 12.1 Å². The van der Waals surface area contributed by atoms with Crippen LogP contribution in [0.3, 0.4) is 0 Å². The molecular weight excluding hydrogens is 254 g/mol. The second kappa shape index (κ2) is 5.91. The lowest BCUT2D eigenvalue weighted by Gasteiger charge is -1.99. The van der Waals surface area contributed by atoms with Gasteiger partial charge in [-0.15, -0.1) is 11.3 Å². The van der Waals surface area contributed by atoms with Gasteiger partial charge in [-0.1, -0.05) is 24.2 Å². The monoisotopic (exact) mass is 265 g/mol. The van der Waals surface area contributed by atoms with Crippen LogP contribution in [-0.4, -0.2) is 16.5 Å². The minimum absolute atomic E-state index is 0.595. The van der Waals surface area contributed by atoms with E-state index in [-0.39, 0.29) is 0 Å². The molecule has 5 heteroatoms. The Kier molecular flexibility index (Phi) is 4.25. The van der Waals surface area contributed by atoms with E-state index in [1.54, 1.807) is 17.5 Å². The van der Waals surface area contributed by atoms with Gasteiger partial charge in [0.05, 0.1) is 11.4 Å². The van der Waals surface area contributed by atoms with Crippen molar-refractivity contribution < 1.29 is 0 Å². The number of nitrogens with zero attached hydrogens (tertiary/aromatic N) is 2. The summed E-state index contributed by atoms with van der Waals surface area (Å²) >= 11 is 7.25. The quantitative estimate of drug-likeness (QED) is 0.903. The van der Waals surface area contributed by atoms with Gasteiger partial charge >= 0.3 is 0 Å². The van der Waals surface area contributed by atoms with Crippen LogP contribution in [0.4, 0.5) is 0 Å². The summed E-state index contributed by atoms with van der Waals surface area (Å²) in [6, 6.07) is 5.81. The van der Waals surface area contributed by atoms with Gasteiger partial charge in [-0.25, -0.2) is 4.98 Å². The van der Waals surface area contributed by atoms with Crippen molar-refractivity contribution in [3.8, 4) is 10.7 Å². The number of pyridine rings is 1. The Bertz CT molecular complexity index is 495. The lowest BCUT2D eigenvalue weighted by atomic mass is 10.3. The molecule has 88 valence electrons. The first-order chi connectivity index (χ1) is 8.25. The van der Waals surface area contributed by atoms with Crippen molar-refractivity contribution in [2.24, 2.45) is 0 Å². The molecule has 0 fully saturated rings. The van der Waals surface area contributed by atoms with E-state index in [1.807, 2.05) is 23.6 Å². The van der Waals surface area contributed by atoms with Crippen LogP contribution in [0.2, 0.25) is 0 Å². The summed E-state index contributed by atoms with van der Waals surface area (Å²) < 4.78 is 0. The summed E-state index contributed by atoms with van der Waals surface area (Å²) in [5.41, 5.74) is 1.90. The van der Waals surface area contributed by atoms with E-state index in [2.05, 4.69) is 21.9 Å². The maximum absolute atomic E-state index is 5.66. The second-order valence-corrected chi connectivity index (χ2v) is 4.87. The van der Waals surface area contributed by atoms with Crippen molar-refractivity contribution in [3.05, 3.63) is 47.1 Å². The molecule has 1 N–H and O–H groups in total. The fourth-order valence-electron chi connectivity index (χ4n) is 1.32. The van der Waals surface area contributed by atoms with E-state index in [0.29, 0.717) is 18.1 Å². The average Bonchev–Trinajstić information content (AvgIpc) is 2.78. The minimum Gasteiger partial charge on any atom is -0.306 e. The summed E-state index contributed by atoms with van der Waals surface area (Å²) in [7, 11) is 0. The van der Waals surface area contributed by atoms with Crippen molar-refractivity contribution in [1.82, 2.24) is 15.3 Å². The Balaban J connectivity index is 1.99. The molecule has 3 nitrogen and oxygen atoms in total. The molecule has 0 aromatic carbocycles. The number of nitrogens with one attached hydrogen (secondary N) is 1. The van der Waals surface area contributed by atoms with E-state index in [0.717, 1.165) is 16.4 Å². The maximum Gasteiger partial charge on any atom is 0.142 e. The molecule has 0 spiro atoms. The van der Waals surface area contributed by atoms with Crippen LogP contribution in [0.15, 0.2) is 41.4 Å². The van der Waals surface area contributed by atoms with E-state index >= 15 is 0 Å². The fourth-order valence-corrected chi connectivity index (χ4v) is 2.21. The van der Waals surface area contributed by atoms with Crippen LogP contribution in [0, 0.1) is 0 Å². The van der Waals surface area contributed by atoms with Gasteiger partial charge in [-0.3, -0.25) is 4.98 Å². The van der Waals surface area contributed by atoms with Crippen molar-refractivity contribution in [2.75, 3.05) is 6.54 Å². The topological polar surface area (TPSA) is 37.8 Å². The number of hydrogen-bond acceptors (Lipinski definition) is 4. The van der Waals surface area contributed by atoms with Crippen LogP contribution in [0.25, 0.3) is 10.7 Å². The Morgan fingerprint density at radius 3 is 3.06 bits per heavy atom. The van der Waals surface area contributed by atoms with Gasteiger partial charge < -0.3 is 5.32 Å². The average molecular weight is 266 g/mol. The second-order valence-electron chi connectivity index (χ2n) is 3.48. The Morgan fingerprint density at radius 2 is 2.35 bits per heavy atom. The number of halogens is 1. The lowest BCUT2D eigenvalue weighted by molar-refractivity contribution is 0.741. The first-order valence-electron chi connectivity index (χ1n) is 5.15. The van der Waals surface area contributed by atoms with Gasteiger partial charge in [0.2, 0.25) is 0 Å². The number of hydrogen-bond donors (Lipinski definition) is 1. The van der Waals surface area contributed by atoms with Gasteiger partial charge in [-0.2, -0.15) is 0 Å². The zero-order chi connectivity index (χ0) is 12.1. The number of thiazole rings is 1. The molecular formula is C12H12ClN3S. The molecule has 17 heavy (non-hydrogen) atoms. The maximum atomic E-state index is 5.66. The lowest BCUT2D eigenvalue weighted by Crippen LogP contribution is -2.14. The van der Waals surface area contributed by atoms with Gasteiger partial charge in [0.25, 0.3) is 0 Å². The summed E-state index contributed by atoms with van der Waals surface area (Å²) in [6.07, 6.45) is 1.77. The molecule has 2 rings (SSSR count). The highest BCUT2D eigenvalue weighted by Gasteiger charge is 2.04. The summed E-state index contributed by atoms with van der Waals surface area (Å²) in [6.45, 7) is 4.90. The van der Waals surface area contributed by atoms with E-state index in [9.17, 15) is 0 Å². The Labute approximate surface area is 109 Å². The highest BCUT2D eigenvalue weighted by Crippen LogP contribution is 2.21. The SMILES string of the molecule is C=C(Cl)CNCc1csc(-c2ccccn2)n1. The van der Waals surface area contributed by atoms with Crippen LogP contribution in [0.1, 0.15) is 5.69 Å². The third kappa shape index (κ3) is 3.63. The molecule has 2 aromatic rings. The normalized spacial score (nSPS) is 10.4. The number of aromatic nitrogens is 2. The van der Waals surface area contributed by atoms with Crippen LogP contribution in [0.5, 0.6) is 0 Å². The van der Waals surface area contributed by atoms with Crippen molar-refractivity contribution >= 4 is 22.9 Å². The molecule has 0 aliphatic heterocycles. The van der Waals surface area contributed by atoms with E-state index in [1.165, 1.54) is 0 Å². The predicted octanol–water partition coefficient (Wildman–Crippen LogP) is 3.05. The molecule has 0 unspecified atom stereocenters. The molecule has 0 aliphatic rings. The number of rotatable bonds is 5. The van der Waals surface area contributed by atoms with Gasteiger partial charge in [0, 0.05) is 29.7 Å². The Hall–Kier alpha value is -1.23. The summed E-state index contributed by atoms with van der Waals surface area (Å²) in [5.74, 6) is 0. The molecule has 0 amide bonds. The highest BCUT2D eigenvalue weighted by molar-refractivity contribution is 7.13. The molecule has 0 radical (unpaired) electrons.